The van der Waals surface area contributed by atoms with Gasteiger partial charge in [-0.25, -0.2) is 4.79 Å². The van der Waals surface area contributed by atoms with Gasteiger partial charge in [0, 0.05) is 57.7 Å². The van der Waals surface area contributed by atoms with Gasteiger partial charge in [0.2, 0.25) is 0 Å². The Labute approximate surface area is 150 Å². The summed E-state index contributed by atoms with van der Waals surface area (Å²) >= 11 is 0. The van der Waals surface area contributed by atoms with Gasteiger partial charge < -0.3 is 20.3 Å². The molecule has 2 heterocycles. The molecule has 2 fully saturated rings. The number of hydrogen-bond donors (Lipinski definition) is 2. The molecule has 2 aliphatic rings. The van der Waals surface area contributed by atoms with E-state index in [1.54, 1.807) is 0 Å². The number of hydrogen-bond acceptors (Lipinski definition) is 4. The van der Waals surface area contributed by atoms with Crippen LogP contribution in [0.25, 0.3) is 0 Å². The highest BCUT2D eigenvalue weighted by Crippen LogP contribution is 2.15. The number of nitrogens with one attached hydrogen (secondary N) is 2. The van der Waals surface area contributed by atoms with Crippen LogP contribution in [0, 0.1) is 0 Å². The monoisotopic (exact) mass is 346 g/mol. The predicted molar refractivity (Wildman–Crippen MR) is 100 cm³/mol. The van der Waals surface area contributed by atoms with E-state index < -0.39 is 0 Å². The SMILES string of the molecule is O=C(NCCCN1CCN(c2ccccc2)CC1)NC1CCOCC1. The Morgan fingerprint density at radius 3 is 2.52 bits per heavy atom. The third-order valence-corrected chi connectivity index (χ3v) is 4.99. The lowest BCUT2D eigenvalue weighted by Gasteiger charge is -2.36. The van der Waals surface area contributed by atoms with Crippen LogP contribution < -0.4 is 15.5 Å². The van der Waals surface area contributed by atoms with Gasteiger partial charge in [-0.1, -0.05) is 18.2 Å². The molecular weight excluding hydrogens is 316 g/mol. The molecule has 0 bridgehead atoms. The Morgan fingerprint density at radius 2 is 1.80 bits per heavy atom. The first-order chi connectivity index (χ1) is 12.3. The maximum absolute atomic E-state index is 11.9. The van der Waals surface area contributed by atoms with Crippen LogP contribution in [0.1, 0.15) is 19.3 Å². The van der Waals surface area contributed by atoms with Crippen LogP contribution >= 0.6 is 0 Å². The molecule has 6 nitrogen and oxygen atoms in total. The summed E-state index contributed by atoms with van der Waals surface area (Å²) in [5.74, 6) is 0. The lowest BCUT2D eigenvalue weighted by Crippen LogP contribution is -2.47. The van der Waals surface area contributed by atoms with Crippen LogP contribution in [0.5, 0.6) is 0 Å². The van der Waals surface area contributed by atoms with Crippen molar-refractivity contribution < 1.29 is 9.53 Å². The smallest absolute Gasteiger partial charge is 0.315 e. The number of para-hydroxylation sites is 1. The van der Waals surface area contributed by atoms with Crippen molar-refractivity contribution in [3.8, 4) is 0 Å². The average Bonchev–Trinajstić information content (AvgIpc) is 2.67. The number of piperazine rings is 1. The van der Waals surface area contributed by atoms with Crippen molar-refractivity contribution in [2.24, 2.45) is 0 Å². The van der Waals surface area contributed by atoms with Gasteiger partial charge in [0.25, 0.3) is 0 Å². The van der Waals surface area contributed by atoms with Crippen molar-refractivity contribution in [1.29, 1.82) is 0 Å². The third kappa shape index (κ3) is 5.90. The maximum atomic E-state index is 11.9. The first-order valence-corrected chi connectivity index (χ1v) is 9.46. The molecule has 2 amide bonds. The Hall–Kier alpha value is -1.79. The molecule has 0 atom stereocenters. The molecule has 1 aromatic carbocycles. The summed E-state index contributed by atoms with van der Waals surface area (Å²) < 4.78 is 5.30. The van der Waals surface area contributed by atoms with E-state index in [2.05, 4.69) is 50.8 Å². The first-order valence-electron chi connectivity index (χ1n) is 9.46. The van der Waals surface area contributed by atoms with E-state index in [-0.39, 0.29) is 12.1 Å². The number of ether oxygens (including phenoxy) is 1. The van der Waals surface area contributed by atoms with Crippen LogP contribution in [0.15, 0.2) is 30.3 Å². The zero-order valence-electron chi connectivity index (χ0n) is 15.0. The molecule has 0 radical (unpaired) electrons. The number of carbonyl (C=O) groups is 1. The number of nitrogens with zero attached hydrogens (tertiary/aromatic N) is 2. The van der Waals surface area contributed by atoms with Gasteiger partial charge in [0.15, 0.2) is 0 Å². The predicted octanol–water partition coefficient (Wildman–Crippen LogP) is 1.68. The molecule has 138 valence electrons. The number of anilines is 1. The van der Waals surface area contributed by atoms with Crippen LogP contribution in [0.2, 0.25) is 0 Å². The van der Waals surface area contributed by atoms with Gasteiger partial charge in [-0.3, -0.25) is 4.90 Å². The average molecular weight is 346 g/mol. The van der Waals surface area contributed by atoms with Crippen LogP contribution in [0.3, 0.4) is 0 Å². The van der Waals surface area contributed by atoms with Gasteiger partial charge in [-0.15, -0.1) is 0 Å². The van der Waals surface area contributed by atoms with Gasteiger partial charge in [0.1, 0.15) is 0 Å². The highest BCUT2D eigenvalue weighted by atomic mass is 16.5. The van der Waals surface area contributed by atoms with Gasteiger partial charge in [0.05, 0.1) is 0 Å². The molecule has 25 heavy (non-hydrogen) atoms. The molecule has 2 saturated heterocycles. The van der Waals surface area contributed by atoms with Crippen molar-refractivity contribution >= 4 is 11.7 Å². The van der Waals surface area contributed by atoms with Gasteiger partial charge in [-0.2, -0.15) is 0 Å². The van der Waals surface area contributed by atoms with Crippen molar-refractivity contribution in [3.63, 3.8) is 0 Å². The van der Waals surface area contributed by atoms with Crippen LogP contribution in [0.4, 0.5) is 10.5 Å². The van der Waals surface area contributed by atoms with Gasteiger partial charge in [-0.05, 0) is 37.9 Å². The lowest BCUT2D eigenvalue weighted by molar-refractivity contribution is 0.0801. The minimum absolute atomic E-state index is 0.0409. The zero-order valence-corrected chi connectivity index (χ0v) is 15.0. The van der Waals surface area contributed by atoms with E-state index in [0.717, 1.165) is 71.7 Å². The van der Waals surface area contributed by atoms with Crippen LogP contribution in [-0.2, 0) is 4.74 Å². The van der Waals surface area contributed by atoms with E-state index in [1.165, 1.54) is 5.69 Å². The molecule has 0 spiro atoms. The first kappa shape index (κ1) is 18.0. The minimum Gasteiger partial charge on any atom is -0.381 e. The molecule has 1 aromatic rings. The highest BCUT2D eigenvalue weighted by Gasteiger charge is 2.17. The molecule has 0 aromatic heterocycles. The molecule has 0 unspecified atom stereocenters. The summed E-state index contributed by atoms with van der Waals surface area (Å²) in [6.07, 6.45) is 2.82. The fourth-order valence-electron chi connectivity index (χ4n) is 3.45. The normalized spacial score (nSPS) is 19.6. The Morgan fingerprint density at radius 1 is 1.08 bits per heavy atom. The third-order valence-electron chi connectivity index (χ3n) is 4.99. The largest absolute Gasteiger partial charge is 0.381 e. The summed E-state index contributed by atoms with van der Waals surface area (Å²) in [4.78, 5) is 16.8. The summed E-state index contributed by atoms with van der Waals surface area (Å²) in [7, 11) is 0. The van der Waals surface area contributed by atoms with E-state index in [4.69, 9.17) is 4.74 Å². The number of carbonyl (C=O) groups excluding carboxylic acids is 1. The molecule has 0 saturated carbocycles. The quantitative estimate of drug-likeness (QED) is 0.770. The second-order valence-electron chi connectivity index (χ2n) is 6.80. The summed E-state index contributed by atoms with van der Waals surface area (Å²) in [5.41, 5.74) is 1.31. The number of rotatable bonds is 6. The van der Waals surface area contributed by atoms with Crippen molar-refractivity contribution in [3.05, 3.63) is 30.3 Å². The molecule has 6 heteroatoms. The standard InChI is InChI=1S/C19H30N4O2/c24-19(21-17-7-15-25-16-8-17)20-9-4-10-22-11-13-23(14-12-22)18-5-2-1-3-6-18/h1-3,5-6,17H,4,7-16H2,(H2,20,21,24). The molecule has 3 rings (SSSR count). The van der Waals surface area contributed by atoms with Gasteiger partial charge >= 0.3 is 6.03 Å². The van der Waals surface area contributed by atoms with E-state index in [0.29, 0.717) is 0 Å². The molecule has 0 aliphatic carbocycles. The number of benzene rings is 1. The lowest BCUT2D eigenvalue weighted by atomic mass is 10.1. The zero-order chi connectivity index (χ0) is 17.3. The Balaban J connectivity index is 1.25. The second-order valence-corrected chi connectivity index (χ2v) is 6.80. The van der Waals surface area contributed by atoms with Crippen molar-refractivity contribution in [2.45, 2.75) is 25.3 Å². The molecule has 2 aliphatic heterocycles. The van der Waals surface area contributed by atoms with E-state index in [1.807, 2.05) is 0 Å². The Bertz CT molecular complexity index is 511. The topological polar surface area (TPSA) is 56.8 Å². The fraction of sp³-hybridized carbons (Fsp3) is 0.632. The molecule has 2 N–H and O–H groups in total. The summed E-state index contributed by atoms with van der Waals surface area (Å²) in [6, 6.07) is 10.8. The fourth-order valence-corrected chi connectivity index (χ4v) is 3.45. The maximum Gasteiger partial charge on any atom is 0.315 e. The summed E-state index contributed by atoms with van der Waals surface area (Å²) in [5, 5.41) is 6.01. The highest BCUT2D eigenvalue weighted by molar-refractivity contribution is 5.74. The molecular formula is C19H30N4O2. The van der Waals surface area contributed by atoms with E-state index >= 15 is 0 Å². The van der Waals surface area contributed by atoms with Crippen LogP contribution in [-0.4, -0.2) is 69.5 Å². The van der Waals surface area contributed by atoms with Crippen molar-refractivity contribution in [1.82, 2.24) is 15.5 Å². The second kappa shape index (κ2) is 9.63. The van der Waals surface area contributed by atoms with Crippen molar-refractivity contribution in [2.75, 3.05) is 57.4 Å². The summed E-state index contributed by atoms with van der Waals surface area (Å²) in [6.45, 7) is 7.59. The number of amides is 2. The van der Waals surface area contributed by atoms with E-state index in [9.17, 15) is 4.79 Å². The Kier molecular flexibility index (Phi) is 6.94. The number of urea groups is 1. The minimum atomic E-state index is -0.0409.